The smallest absolute Gasteiger partial charge is 0.0546 e. The molecular formula is C17H35NO. The molecule has 0 spiro atoms. The largest absolute Gasteiger partial charge is 0.382 e. The molecule has 0 aromatic heterocycles. The van der Waals surface area contributed by atoms with Gasteiger partial charge in [0, 0.05) is 13.2 Å². The quantitative estimate of drug-likeness (QED) is 0.778. The molecule has 0 aliphatic heterocycles. The van der Waals surface area contributed by atoms with Gasteiger partial charge in [-0.25, -0.2) is 0 Å². The van der Waals surface area contributed by atoms with Crippen molar-refractivity contribution in [2.45, 2.75) is 78.9 Å². The molecule has 2 heteroatoms. The molecule has 114 valence electrons. The number of nitrogens with one attached hydrogen (secondary N) is 1. The van der Waals surface area contributed by atoms with Gasteiger partial charge in [0.2, 0.25) is 0 Å². The Morgan fingerprint density at radius 2 is 1.95 bits per heavy atom. The molecule has 0 saturated heterocycles. The number of hydrogen-bond donors (Lipinski definition) is 1. The van der Waals surface area contributed by atoms with Gasteiger partial charge < -0.3 is 10.1 Å². The Kier molecular flexibility index (Phi) is 6.82. The number of methoxy groups -OCH3 is 1. The number of rotatable bonds is 6. The lowest BCUT2D eigenvalue weighted by Crippen LogP contribution is -2.44. The predicted molar refractivity (Wildman–Crippen MR) is 83.5 cm³/mol. The Bertz CT molecular complexity index is 246. The van der Waals surface area contributed by atoms with E-state index in [9.17, 15) is 0 Å². The van der Waals surface area contributed by atoms with E-state index in [1.807, 2.05) is 7.11 Å². The lowest BCUT2D eigenvalue weighted by atomic mass is 9.66. The van der Waals surface area contributed by atoms with Gasteiger partial charge in [0.15, 0.2) is 0 Å². The molecule has 0 aromatic rings. The van der Waals surface area contributed by atoms with Gasteiger partial charge in [0.1, 0.15) is 0 Å². The summed E-state index contributed by atoms with van der Waals surface area (Å²) in [4.78, 5) is 0. The van der Waals surface area contributed by atoms with Crippen LogP contribution in [-0.2, 0) is 4.74 Å². The van der Waals surface area contributed by atoms with Crippen molar-refractivity contribution in [2.75, 3.05) is 13.7 Å². The minimum atomic E-state index is 0.384. The van der Waals surface area contributed by atoms with Crippen molar-refractivity contribution in [3.63, 3.8) is 0 Å². The van der Waals surface area contributed by atoms with E-state index >= 15 is 0 Å². The van der Waals surface area contributed by atoms with Crippen molar-refractivity contribution < 1.29 is 4.74 Å². The van der Waals surface area contributed by atoms with E-state index in [1.54, 1.807) is 0 Å². The van der Waals surface area contributed by atoms with Crippen molar-refractivity contribution in [3.05, 3.63) is 0 Å². The monoisotopic (exact) mass is 269 g/mol. The third-order valence-corrected chi connectivity index (χ3v) is 4.90. The van der Waals surface area contributed by atoms with E-state index in [0.717, 1.165) is 18.4 Å². The maximum atomic E-state index is 5.50. The summed E-state index contributed by atoms with van der Waals surface area (Å²) in [5.74, 6) is 1.64. The van der Waals surface area contributed by atoms with E-state index in [4.69, 9.17) is 4.74 Å². The minimum Gasteiger partial charge on any atom is -0.382 e. The van der Waals surface area contributed by atoms with Crippen molar-refractivity contribution in [3.8, 4) is 0 Å². The topological polar surface area (TPSA) is 21.3 Å². The van der Waals surface area contributed by atoms with Gasteiger partial charge in [-0.2, -0.15) is 0 Å². The third-order valence-electron chi connectivity index (χ3n) is 4.90. The molecule has 1 aliphatic carbocycles. The van der Waals surface area contributed by atoms with Crippen molar-refractivity contribution >= 4 is 0 Å². The Balaban J connectivity index is 2.63. The van der Waals surface area contributed by atoms with Gasteiger partial charge in [0.05, 0.1) is 6.10 Å². The average Bonchev–Trinajstić information content (AvgIpc) is 2.35. The van der Waals surface area contributed by atoms with E-state index in [1.165, 1.54) is 32.1 Å². The summed E-state index contributed by atoms with van der Waals surface area (Å²) in [6, 6.07) is 0.705. The Morgan fingerprint density at radius 3 is 2.47 bits per heavy atom. The Hall–Kier alpha value is -0.0800. The highest BCUT2D eigenvalue weighted by Gasteiger charge is 2.36. The van der Waals surface area contributed by atoms with Crippen molar-refractivity contribution in [1.82, 2.24) is 5.32 Å². The molecule has 1 aliphatic rings. The molecule has 0 aromatic carbocycles. The molecular weight excluding hydrogens is 234 g/mol. The molecule has 1 N–H and O–H groups in total. The third kappa shape index (κ3) is 5.43. The molecule has 1 rings (SSSR count). The zero-order chi connectivity index (χ0) is 14.5. The van der Waals surface area contributed by atoms with Crippen LogP contribution in [0.1, 0.15) is 66.7 Å². The molecule has 1 saturated carbocycles. The predicted octanol–water partition coefficient (Wildman–Crippen LogP) is 4.24. The molecule has 4 unspecified atom stereocenters. The molecule has 19 heavy (non-hydrogen) atoms. The molecule has 1 fully saturated rings. The van der Waals surface area contributed by atoms with Crippen LogP contribution in [0.4, 0.5) is 0 Å². The fraction of sp³-hybridized carbons (Fsp3) is 1.00. The zero-order valence-corrected chi connectivity index (χ0v) is 14.0. The van der Waals surface area contributed by atoms with E-state index < -0.39 is 0 Å². The van der Waals surface area contributed by atoms with Crippen LogP contribution in [0.3, 0.4) is 0 Å². The second-order valence-corrected chi connectivity index (χ2v) is 7.48. The molecule has 4 atom stereocenters. The summed E-state index contributed by atoms with van der Waals surface area (Å²) in [5, 5.41) is 3.77. The Labute approximate surface area is 120 Å². The SMILES string of the molecule is CCCNC1CCC(C(C)(C)C)CC1CC(C)OC. The molecule has 0 radical (unpaired) electrons. The first-order valence-electron chi connectivity index (χ1n) is 8.14. The van der Waals surface area contributed by atoms with Crippen molar-refractivity contribution in [2.24, 2.45) is 17.3 Å². The fourth-order valence-corrected chi connectivity index (χ4v) is 3.43. The van der Waals surface area contributed by atoms with Gasteiger partial charge in [0.25, 0.3) is 0 Å². The van der Waals surface area contributed by atoms with Crippen LogP contribution < -0.4 is 5.32 Å². The van der Waals surface area contributed by atoms with Crippen LogP contribution in [0.15, 0.2) is 0 Å². The summed E-state index contributed by atoms with van der Waals surface area (Å²) in [6.45, 7) is 12.8. The van der Waals surface area contributed by atoms with Gasteiger partial charge in [-0.15, -0.1) is 0 Å². The molecule has 0 bridgehead atoms. The van der Waals surface area contributed by atoms with E-state index in [0.29, 0.717) is 17.6 Å². The second kappa shape index (κ2) is 7.64. The van der Waals surface area contributed by atoms with Crippen LogP contribution in [0.2, 0.25) is 0 Å². The van der Waals surface area contributed by atoms with Gasteiger partial charge in [-0.3, -0.25) is 0 Å². The van der Waals surface area contributed by atoms with Crippen LogP contribution in [0, 0.1) is 17.3 Å². The van der Waals surface area contributed by atoms with Gasteiger partial charge >= 0.3 is 0 Å². The maximum Gasteiger partial charge on any atom is 0.0546 e. The first kappa shape index (κ1) is 17.0. The minimum absolute atomic E-state index is 0.384. The lowest BCUT2D eigenvalue weighted by Gasteiger charge is -2.43. The summed E-state index contributed by atoms with van der Waals surface area (Å²) in [6.07, 6.45) is 6.88. The highest BCUT2D eigenvalue weighted by molar-refractivity contribution is 4.89. The van der Waals surface area contributed by atoms with E-state index in [-0.39, 0.29) is 0 Å². The highest BCUT2D eigenvalue weighted by Crippen LogP contribution is 2.41. The summed E-state index contributed by atoms with van der Waals surface area (Å²) < 4.78 is 5.50. The van der Waals surface area contributed by atoms with Gasteiger partial charge in [-0.1, -0.05) is 27.7 Å². The van der Waals surface area contributed by atoms with Crippen LogP contribution in [0.25, 0.3) is 0 Å². The first-order valence-corrected chi connectivity index (χ1v) is 8.14. The van der Waals surface area contributed by atoms with Crippen LogP contribution in [0.5, 0.6) is 0 Å². The van der Waals surface area contributed by atoms with E-state index in [2.05, 4.69) is 39.9 Å². The average molecular weight is 269 g/mol. The summed E-state index contributed by atoms with van der Waals surface area (Å²) in [7, 11) is 1.84. The first-order chi connectivity index (χ1) is 8.88. The molecule has 2 nitrogen and oxygen atoms in total. The summed E-state index contributed by atoms with van der Waals surface area (Å²) in [5.41, 5.74) is 0.449. The zero-order valence-electron chi connectivity index (χ0n) is 14.0. The van der Waals surface area contributed by atoms with Crippen molar-refractivity contribution in [1.29, 1.82) is 0 Å². The lowest BCUT2D eigenvalue weighted by molar-refractivity contribution is 0.0519. The van der Waals surface area contributed by atoms with Crippen LogP contribution >= 0.6 is 0 Å². The molecule has 0 heterocycles. The van der Waals surface area contributed by atoms with Gasteiger partial charge in [-0.05, 0) is 62.8 Å². The standard InChI is InChI=1S/C17H35NO/c1-7-10-18-16-9-8-15(17(3,4)5)12-14(16)11-13(2)19-6/h13-16,18H,7-12H2,1-6H3. The number of hydrogen-bond acceptors (Lipinski definition) is 2. The van der Waals surface area contributed by atoms with Crippen LogP contribution in [-0.4, -0.2) is 25.8 Å². The normalized spacial score (nSPS) is 30.3. The fourth-order valence-electron chi connectivity index (χ4n) is 3.43. The second-order valence-electron chi connectivity index (χ2n) is 7.48. The highest BCUT2D eigenvalue weighted by atomic mass is 16.5. The summed E-state index contributed by atoms with van der Waals surface area (Å²) >= 11 is 0. The Morgan fingerprint density at radius 1 is 1.26 bits per heavy atom. The maximum absolute atomic E-state index is 5.50. The number of ether oxygens (including phenoxy) is 1. The molecule has 0 amide bonds.